The molecule has 6 nitrogen and oxygen atoms in total. The van der Waals surface area contributed by atoms with Crippen molar-refractivity contribution in [1.29, 1.82) is 0 Å². The average Bonchev–Trinajstić information content (AvgIpc) is 2.14. The smallest absolute Gasteiger partial charge is 0.382 e. The molecule has 1 unspecified atom stereocenters. The van der Waals surface area contributed by atoms with Gasteiger partial charge in [0.15, 0.2) is 0 Å². The summed E-state index contributed by atoms with van der Waals surface area (Å²) >= 11 is 2.48. The number of rotatable bonds is 10. The molecule has 0 rings (SSSR count). The van der Waals surface area contributed by atoms with Crippen molar-refractivity contribution in [1.82, 2.24) is 0 Å². The minimum absolute atomic E-state index is 0.0666. The predicted octanol–water partition coefficient (Wildman–Crippen LogP) is 1.18. The molecule has 0 bridgehead atoms. The van der Waals surface area contributed by atoms with Gasteiger partial charge in [-0.2, -0.15) is 0 Å². The second kappa shape index (κ2) is 9.72. The number of hydrogen-bond donors (Lipinski definition) is 1. The van der Waals surface area contributed by atoms with E-state index in [0.717, 1.165) is 0 Å². The minimum atomic E-state index is -3.55. The largest absolute Gasteiger partial charge is 0.393 e. The molecular formula is C7H16BrO6P. The lowest BCUT2D eigenvalue weighted by Gasteiger charge is -2.06. The molecule has 0 saturated carbocycles. The lowest BCUT2D eigenvalue weighted by Crippen LogP contribution is -2.10. The van der Waals surface area contributed by atoms with E-state index in [0.29, 0.717) is 26.4 Å². The zero-order valence-corrected chi connectivity index (χ0v) is 11.0. The van der Waals surface area contributed by atoms with E-state index >= 15 is 0 Å². The Morgan fingerprint density at radius 1 is 1.07 bits per heavy atom. The monoisotopic (exact) mass is 306 g/mol. The van der Waals surface area contributed by atoms with Crippen molar-refractivity contribution in [2.45, 2.75) is 0 Å². The van der Waals surface area contributed by atoms with Crippen LogP contribution in [0.4, 0.5) is 0 Å². The van der Waals surface area contributed by atoms with Crippen molar-refractivity contribution < 1.29 is 28.2 Å². The lowest BCUT2D eigenvalue weighted by molar-refractivity contribution is 0.0176. The molecule has 0 aromatic heterocycles. The highest BCUT2D eigenvalue weighted by Crippen LogP contribution is 2.49. The zero-order chi connectivity index (χ0) is 11.6. The van der Waals surface area contributed by atoms with Gasteiger partial charge < -0.3 is 19.1 Å². The Morgan fingerprint density at radius 3 is 2.00 bits per heavy atom. The van der Waals surface area contributed by atoms with Gasteiger partial charge in [0.2, 0.25) is 0 Å². The van der Waals surface area contributed by atoms with Crippen molar-refractivity contribution in [2.24, 2.45) is 0 Å². The van der Waals surface area contributed by atoms with Gasteiger partial charge in [0, 0.05) is 22.6 Å². The molecule has 0 spiro atoms. The molecule has 15 heavy (non-hydrogen) atoms. The van der Waals surface area contributed by atoms with Gasteiger partial charge >= 0.3 is 6.30 Å². The van der Waals surface area contributed by atoms with Crippen LogP contribution < -0.4 is 0 Å². The van der Waals surface area contributed by atoms with Crippen molar-refractivity contribution >= 4 is 21.8 Å². The molecule has 0 aliphatic carbocycles. The summed E-state index contributed by atoms with van der Waals surface area (Å²) in [7, 11) is 1.60. The van der Waals surface area contributed by atoms with Gasteiger partial charge in [-0.05, 0) is 0 Å². The van der Waals surface area contributed by atoms with Crippen molar-refractivity contribution in [3.05, 3.63) is 0 Å². The molecular weight excluding hydrogens is 291 g/mol. The highest BCUT2D eigenvalue weighted by molar-refractivity contribution is 9.39. The maximum Gasteiger partial charge on any atom is 0.393 e. The third-order valence-corrected chi connectivity index (χ3v) is 2.40. The summed E-state index contributed by atoms with van der Waals surface area (Å²) < 4.78 is 30.1. The van der Waals surface area contributed by atoms with Crippen molar-refractivity contribution in [2.75, 3.05) is 46.8 Å². The Kier molecular flexibility index (Phi) is 10.0. The normalized spacial score (nSPS) is 15.1. The molecule has 0 radical (unpaired) electrons. The Bertz CT molecular complexity index is 184. The van der Waals surface area contributed by atoms with Crippen LogP contribution in [0.25, 0.3) is 0 Å². The first-order valence-electron chi connectivity index (χ1n) is 4.37. The van der Waals surface area contributed by atoms with Crippen LogP contribution in [0, 0.1) is 0 Å². The second-order valence-electron chi connectivity index (χ2n) is 2.50. The first-order chi connectivity index (χ1) is 7.06. The topological polar surface area (TPSA) is 74.2 Å². The Morgan fingerprint density at radius 2 is 1.53 bits per heavy atom. The van der Waals surface area contributed by atoms with E-state index in [1.54, 1.807) is 7.11 Å². The summed E-state index contributed by atoms with van der Waals surface area (Å²) in [6, 6.07) is 0. The molecule has 0 aromatic carbocycles. The van der Waals surface area contributed by atoms with Crippen LogP contribution in [0.2, 0.25) is 0 Å². The van der Waals surface area contributed by atoms with E-state index in [1.807, 2.05) is 0 Å². The summed E-state index contributed by atoms with van der Waals surface area (Å²) in [6.07, 6.45) is -3.55. The summed E-state index contributed by atoms with van der Waals surface area (Å²) in [4.78, 5) is 8.67. The zero-order valence-electron chi connectivity index (χ0n) is 8.56. The van der Waals surface area contributed by atoms with Crippen LogP contribution in [0.3, 0.4) is 0 Å². The maximum absolute atomic E-state index is 10.6. The second-order valence-corrected chi connectivity index (χ2v) is 6.35. The summed E-state index contributed by atoms with van der Waals surface area (Å²) in [5, 5.41) is 0. The van der Waals surface area contributed by atoms with Crippen LogP contribution in [0.1, 0.15) is 0 Å². The fourth-order valence-corrected chi connectivity index (χ4v) is 1.41. The molecule has 0 aliphatic heterocycles. The summed E-state index contributed by atoms with van der Waals surface area (Å²) in [6.45, 7) is 2.30. The van der Waals surface area contributed by atoms with Crippen LogP contribution in [0.5, 0.6) is 0 Å². The van der Waals surface area contributed by atoms with Gasteiger partial charge in [0.25, 0.3) is 0 Å². The van der Waals surface area contributed by atoms with E-state index in [2.05, 4.69) is 20.0 Å². The quantitative estimate of drug-likeness (QED) is 0.482. The average molecular weight is 307 g/mol. The molecule has 8 heteroatoms. The first kappa shape index (κ1) is 15.5. The van der Waals surface area contributed by atoms with Crippen LogP contribution in [0.15, 0.2) is 0 Å². The summed E-state index contributed by atoms with van der Waals surface area (Å²) in [5.41, 5.74) is 0. The number of hydrogen-bond acceptors (Lipinski definition) is 5. The highest BCUT2D eigenvalue weighted by Gasteiger charge is 2.11. The molecule has 0 aliphatic rings. The molecule has 0 amide bonds. The molecule has 0 fully saturated rings. The molecule has 1 atom stereocenters. The predicted molar refractivity (Wildman–Crippen MR) is 58.2 cm³/mol. The van der Waals surface area contributed by atoms with Gasteiger partial charge in [-0.25, -0.2) is 4.57 Å². The van der Waals surface area contributed by atoms with Crippen LogP contribution >= 0.6 is 21.8 Å². The van der Waals surface area contributed by atoms with Gasteiger partial charge in [0.1, 0.15) is 0 Å². The van der Waals surface area contributed by atoms with E-state index in [4.69, 9.17) is 19.1 Å². The van der Waals surface area contributed by atoms with Gasteiger partial charge in [-0.1, -0.05) is 0 Å². The molecule has 0 heterocycles. The van der Waals surface area contributed by atoms with E-state index in [1.165, 1.54) is 0 Å². The fourth-order valence-electron chi connectivity index (χ4n) is 0.673. The Balaban J connectivity index is 3.02. The standard InChI is InChI=1S/C7H16BrO6P/c1-11-2-3-12-4-5-13-6-7-14-15(8,9)10/h2-7H2,1H3,(H,9,10). The van der Waals surface area contributed by atoms with Gasteiger partial charge in [-0.3, -0.25) is 4.52 Å². The molecule has 0 aromatic rings. The molecule has 0 saturated heterocycles. The fraction of sp³-hybridized carbons (Fsp3) is 1.00. The lowest BCUT2D eigenvalue weighted by atomic mass is 10.7. The SMILES string of the molecule is COCCOCCOCCOP(=O)(O)Br. The Hall–Kier alpha value is 0.510. The van der Waals surface area contributed by atoms with E-state index in [9.17, 15) is 4.57 Å². The number of ether oxygens (including phenoxy) is 3. The number of halogens is 1. The van der Waals surface area contributed by atoms with Crippen LogP contribution in [-0.4, -0.2) is 51.6 Å². The highest BCUT2D eigenvalue weighted by atomic mass is 79.9. The first-order valence-corrected chi connectivity index (χ1v) is 7.97. The molecule has 92 valence electrons. The van der Waals surface area contributed by atoms with Gasteiger partial charge in [-0.15, -0.1) is 0 Å². The van der Waals surface area contributed by atoms with Crippen molar-refractivity contribution in [3.8, 4) is 0 Å². The third-order valence-electron chi connectivity index (χ3n) is 1.28. The van der Waals surface area contributed by atoms with Gasteiger partial charge in [0.05, 0.1) is 39.6 Å². The third kappa shape index (κ3) is 14.5. The maximum atomic E-state index is 10.6. The van der Waals surface area contributed by atoms with Crippen molar-refractivity contribution in [3.63, 3.8) is 0 Å². The minimum Gasteiger partial charge on any atom is -0.382 e. The number of methoxy groups -OCH3 is 1. The summed E-state index contributed by atoms with van der Waals surface area (Å²) in [5.74, 6) is 0. The van der Waals surface area contributed by atoms with E-state index < -0.39 is 6.30 Å². The Labute approximate surface area is 97.1 Å². The molecule has 1 N–H and O–H groups in total. The van der Waals surface area contributed by atoms with Crippen LogP contribution in [-0.2, 0) is 23.3 Å². The van der Waals surface area contributed by atoms with E-state index in [-0.39, 0.29) is 13.2 Å².